The number of halogens is 4. The van der Waals surface area contributed by atoms with Crippen molar-refractivity contribution in [2.24, 2.45) is 0 Å². The van der Waals surface area contributed by atoms with Crippen LogP contribution in [0.3, 0.4) is 0 Å². The molecule has 0 aliphatic rings. The third-order valence-electron chi connectivity index (χ3n) is 1.31. The molecule has 1 N–H and O–H groups in total. The van der Waals surface area contributed by atoms with Gasteiger partial charge in [-0.05, 0) is 12.1 Å². The normalized spacial score (nSPS) is 11.0. The predicted octanol–water partition coefficient (Wildman–Crippen LogP) is 2.85. The molecule has 0 atom stereocenters. The summed E-state index contributed by atoms with van der Waals surface area (Å²) in [5, 5.41) is 2.10. The summed E-state index contributed by atoms with van der Waals surface area (Å²) in [7, 11) is 0. The van der Waals surface area contributed by atoms with Crippen LogP contribution in [0.15, 0.2) is 18.2 Å². The molecular formula is C8H6ClF3N2O2. The molecule has 0 fully saturated rings. The van der Waals surface area contributed by atoms with Gasteiger partial charge >= 0.3 is 12.3 Å². The van der Waals surface area contributed by atoms with E-state index in [1.54, 1.807) is 0 Å². The lowest BCUT2D eigenvalue weighted by Crippen LogP contribution is -2.23. The average molecular weight is 255 g/mol. The molecule has 0 radical (unpaired) electrons. The second-order valence-corrected chi connectivity index (χ2v) is 3.05. The van der Waals surface area contributed by atoms with Crippen LogP contribution in [-0.4, -0.2) is 23.9 Å². The van der Waals surface area contributed by atoms with E-state index in [0.717, 1.165) is 0 Å². The highest BCUT2D eigenvalue weighted by atomic mass is 35.5. The fourth-order valence-corrected chi connectivity index (χ4v) is 0.930. The van der Waals surface area contributed by atoms with Crippen LogP contribution in [0.1, 0.15) is 0 Å². The molecule has 8 heteroatoms. The zero-order chi connectivity index (χ0) is 12.2. The summed E-state index contributed by atoms with van der Waals surface area (Å²) in [6.07, 6.45) is -5.80. The molecule has 0 aliphatic carbocycles. The van der Waals surface area contributed by atoms with Gasteiger partial charge in [-0.2, -0.15) is 13.2 Å². The first-order valence-corrected chi connectivity index (χ1v) is 4.38. The number of ether oxygens (including phenoxy) is 1. The number of hydrogen-bond donors (Lipinski definition) is 1. The van der Waals surface area contributed by atoms with Crippen LogP contribution in [0.4, 0.5) is 23.8 Å². The first kappa shape index (κ1) is 12.6. The number of nitrogens with one attached hydrogen (secondary N) is 1. The summed E-state index contributed by atoms with van der Waals surface area (Å²) < 4.78 is 38.9. The van der Waals surface area contributed by atoms with Gasteiger partial charge < -0.3 is 4.74 Å². The summed E-state index contributed by atoms with van der Waals surface area (Å²) in [5.41, 5.74) is 0. The standard InChI is InChI=1S/C8H6ClF3N2O2/c9-5-2-1-3-6(13-5)14-7(15)16-4-8(10,11)12/h1-3H,4H2,(H,13,14,15). The molecule has 88 valence electrons. The van der Waals surface area contributed by atoms with E-state index in [0.29, 0.717) is 0 Å². The van der Waals surface area contributed by atoms with E-state index in [-0.39, 0.29) is 11.0 Å². The second-order valence-electron chi connectivity index (χ2n) is 2.66. The van der Waals surface area contributed by atoms with Gasteiger partial charge in [-0.15, -0.1) is 0 Å². The van der Waals surface area contributed by atoms with Crippen LogP contribution in [-0.2, 0) is 4.74 Å². The summed E-state index contributed by atoms with van der Waals surface area (Å²) in [6, 6.07) is 4.29. The molecule has 0 unspecified atom stereocenters. The average Bonchev–Trinajstić information content (AvgIpc) is 2.14. The van der Waals surface area contributed by atoms with Gasteiger partial charge in [0.1, 0.15) is 11.0 Å². The minimum Gasteiger partial charge on any atom is -0.440 e. The van der Waals surface area contributed by atoms with Gasteiger partial charge in [0.05, 0.1) is 0 Å². The largest absolute Gasteiger partial charge is 0.440 e. The summed E-state index contributed by atoms with van der Waals surface area (Å²) in [5.74, 6) is 0.0136. The molecule has 1 aromatic heterocycles. The molecule has 1 amide bonds. The predicted molar refractivity (Wildman–Crippen MR) is 50.3 cm³/mol. The van der Waals surface area contributed by atoms with Crippen molar-refractivity contribution in [3.63, 3.8) is 0 Å². The van der Waals surface area contributed by atoms with Crippen LogP contribution in [0, 0.1) is 0 Å². The van der Waals surface area contributed by atoms with E-state index in [4.69, 9.17) is 11.6 Å². The van der Waals surface area contributed by atoms with Gasteiger partial charge in [-0.1, -0.05) is 17.7 Å². The number of aromatic nitrogens is 1. The highest BCUT2D eigenvalue weighted by Crippen LogP contribution is 2.15. The van der Waals surface area contributed by atoms with Crippen molar-refractivity contribution in [3.05, 3.63) is 23.4 Å². The van der Waals surface area contributed by atoms with Crippen LogP contribution >= 0.6 is 11.6 Å². The summed E-state index contributed by atoms with van der Waals surface area (Å²) >= 11 is 5.49. The minimum absolute atomic E-state index is 0.0136. The molecule has 1 aromatic rings. The van der Waals surface area contributed by atoms with E-state index >= 15 is 0 Å². The van der Waals surface area contributed by atoms with Crippen molar-refractivity contribution in [2.75, 3.05) is 11.9 Å². The van der Waals surface area contributed by atoms with Crippen LogP contribution in [0.5, 0.6) is 0 Å². The third-order valence-corrected chi connectivity index (χ3v) is 1.52. The van der Waals surface area contributed by atoms with Gasteiger partial charge in [0.15, 0.2) is 6.61 Å². The maximum atomic E-state index is 11.7. The molecule has 0 bridgehead atoms. The van der Waals surface area contributed by atoms with Crippen LogP contribution in [0.25, 0.3) is 0 Å². The number of carbonyl (C=O) groups is 1. The van der Waals surface area contributed by atoms with Crippen molar-refractivity contribution in [2.45, 2.75) is 6.18 Å². The number of alkyl halides is 3. The molecule has 0 saturated carbocycles. The highest BCUT2D eigenvalue weighted by molar-refractivity contribution is 6.29. The first-order chi connectivity index (χ1) is 7.37. The number of rotatable bonds is 2. The molecule has 16 heavy (non-hydrogen) atoms. The van der Waals surface area contributed by atoms with Gasteiger partial charge in [0.25, 0.3) is 0 Å². The monoisotopic (exact) mass is 254 g/mol. The highest BCUT2D eigenvalue weighted by Gasteiger charge is 2.29. The fraction of sp³-hybridized carbons (Fsp3) is 0.250. The Kier molecular flexibility index (Phi) is 3.94. The number of pyridine rings is 1. The number of amides is 1. The number of nitrogens with zero attached hydrogens (tertiary/aromatic N) is 1. The summed E-state index contributed by atoms with van der Waals surface area (Å²) in [4.78, 5) is 14.5. The number of carbonyl (C=O) groups excluding carboxylic acids is 1. The Hall–Kier alpha value is -1.50. The number of hydrogen-bond acceptors (Lipinski definition) is 3. The van der Waals surface area contributed by atoms with Crippen molar-refractivity contribution in [1.29, 1.82) is 0 Å². The topological polar surface area (TPSA) is 51.2 Å². The van der Waals surface area contributed by atoms with Gasteiger partial charge in [0, 0.05) is 0 Å². The van der Waals surface area contributed by atoms with Crippen molar-refractivity contribution in [3.8, 4) is 0 Å². The Labute approximate surface area is 93.4 Å². The van der Waals surface area contributed by atoms with Gasteiger partial charge in [-0.3, -0.25) is 5.32 Å². The molecular weight excluding hydrogens is 249 g/mol. The molecule has 1 rings (SSSR count). The van der Waals surface area contributed by atoms with Gasteiger partial charge in [-0.25, -0.2) is 9.78 Å². The van der Waals surface area contributed by atoms with E-state index in [1.807, 2.05) is 5.32 Å². The quantitative estimate of drug-likeness (QED) is 0.826. The minimum atomic E-state index is -4.56. The SMILES string of the molecule is O=C(Nc1cccc(Cl)n1)OCC(F)(F)F. The van der Waals surface area contributed by atoms with Crippen molar-refractivity contribution >= 4 is 23.5 Å². The first-order valence-electron chi connectivity index (χ1n) is 4.00. The Bertz CT molecular complexity index is 384. The molecule has 1 heterocycles. The van der Waals surface area contributed by atoms with Crippen LogP contribution in [0.2, 0.25) is 5.15 Å². The maximum Gasteiger partial charge on any atom is 0.422 e. The lowest BCUT2D eigenvalue weighted by atomic mass is 10.5. The lowest BCUT2D eigenvalue weighted by Gasteiger charge is -2.08. The van der Waals surface area contributed by atoms with Crippen molar-refractivity contribution < 1.29 is 22.7 Å². The van der Waals surface area contributed by atoms with Crippen LogP contribution < -0.4 is 5.32 Å². The zero-order valence-corrected chi connectivity index (χ0v) is 8.47. The Balaban J connectivity index is 2.46. The maximum absolute atomic E-state index is 11.7. The molecule has 0 aliphatic heterocycles. The summed E-state index contributed by atoms with van der Waals surface area (Å²) in [6.45, 7) is -1.65. The van der Waals surface area contributed by atoms with E-state index in [2.05, 4.69) is 9.72 Å². The molecule has 0 aromatic carbocycles. The fourth-order valence-electron chi connectivity index (χ4n) is 0.766. The Morgan fingerprint density at radius 1 is 1.50 bits per heavy atom. The zero-order valence-electron chi connectivity index (χ0n) is 7.71. The number of anilines is 1. The Morgan fingerprint density at radius 3 is 2.75 bits per heavy atom. The smallest absolute Gasteiger partial charge is 0.422 e. The lowest BCUT2D eigenvalue weighted by molar-refractivity contribution is -0.159. The second kappa shape index (κ2) is 5.02. The van der Waals surface area contributed by atoms with Crippen molar-refractivity contribution in [1.82, 2.24) is 4.98 Å². The van der Waals surface area contributed by atoms with E-state index < -0.39 is 18.9 Å². The van der Waals surface area contributed by atoms with E-state index in [9.17, 15) is 18.0 Å². The molecule has 4 nitrogen and oxygen atoms in total. The Morgan fingerprint density at radius 2 is 2.19 bits per heavy atom. The third kappa shape index (κ3) is 4.83. The van der Waals surface area contributed by atoms with Gasteiger partial charge in [0.2, 0.25) is 0 Å². The van der Waals surface area contributed by atoms with E-state index in [1.165, 1.54) is 18.2 Å². The molecule has 0 saturated heterocycles. The molecule has 0 spiro atoms.